The highest BCUT2D eigenvalue weighted by Crippen LogP contribution is 2.33. The number of aromatic nitrogens is 2. The van der Waals surface area contributed by atoms with Crippen molar-refractivity contribution in [1.82, 2.24) is 19.3 Å². The second kappa shape index (κ2) is 9.54. The van der Waals surface area contributed by atoms with Gasteiger partial charge in [0.15, 0.2) is 0 Å². The quantitative estimate of drug-likeness (QED) is 0.657. The van der Waals surface area contributed by atoms with E-state index in [9.17, 15) is 13.2 Å². The molecule has 1 saturated carbocycles. The number of hydrogen-bond acceptors (Lipinski definition) is 6. The normalized spacial score (nSPS) is 21.5. The monoisotopic (exact) mass is 472 g/mol. The minimum Gasteiger partial charge on any atom is -0.342 e. The Bertz CT molecular complexity index is 1060. The zero-order chi connectivity index (χ0) is 22.8. The summed E-state index contributed by atoms with van der Waals surface area (Å²) in [6.45, 7) is 2.44. The molecule has 2 aromatic rings. The zero-order valence-electron chi connectivity index (χ0n) is 19.0. The number of nitrogens with zero attached hydrogens (tertiary/aromatic N) is 4. The number of likely N-dealkylation sites (tertiary alicyclic amines) is 1. The van der Waals surface area contributed by atoms with E-state index in [0.717, 1.165) is 44.3 Å². The molecule has 33 heavy (non-hydrogen) atoms. The van der Waals surface area contributed by atoms with Crippen LogP contribution < -0.4 is 0 Å². The van der Waals surface area contributed by atoms with Crippen LogP contribution in [0.25, 0.3) is 11.4 Å². The van der Waals surface area contributed by atoms with Gasteiger partial charge in [0.1, 0.15) is 0 Å². The van der Waals surface area contributed by atoms with Crippen molar-refractivity contribution in [1.29, 1.82) is 0 Å². The van der Waals surface area contributed by atoms with Gasteiger partial charge in [-0.2, -0.15) is 9.29 Å². The van der Waals surface area contributed by atoms with Crippen LogP contribution in [0.4, 0.5) is 0 Å². The molecule has 1 aliphatic carbocycles. The highest BCUT2D eigenvalue weighted by Gasteiger charge is 2.34. The smallest absolute Gasteiger partial charge is 0.243 e. The average molecular weight is 473 g/mol. The summed E-state index contributed by atoms with van der Waals surface area (Å²) >= 11 is 0. The number of rotatable bonds is 5. The molecule has 1 aromatic carbocycles. The molecule has 0 bridgehead atoms. The first kappa shape index (κ1) is 22.5. The Hall–Kier alpha value is -2.26. The summed E-state index contributed by atoms with van der Waals surface area (Å²) in [7, 11) is -3.60. The van der Waals surface area contributed by atoms with Gasteiger partial charge in [0.05, 0.1) is 4.90 Å². The van der Waals surface area contributed by atoms with E-state index >= 15 is 0 Å². The topological polar surface area (TPSA) is 96.6 Å². The summed E-state index contributed by atoms with van der Waals surface area (Å²) in [5, 5.41) is 4.12. The molecule has 0 atom stereocenters. The van der Waals surface area contributed by atoms with Crippen LogP contribution in [0.15, 0.2) is 33.7 Å². The van der Waals surface area contributed by atoms with E-state index in [0.29, 0.717) is 43.6 Å². The van der Waals surface area contributed by atoms with Crippen molar-refractivity contribution in [3.8, 4) is 11.4 Å². The van der Waals surface area contributed by atoms with Crippen molar-refractivity contribution >= 4 is 15.9 Å². The molecule has 0 spiro atoms. The summed E-state index contributed by atoms with van der Waals surface area (Å²) in [4.78, 5) is 19.4. The molecule has 0 unspecified atom stereocenters. The third-order valence-electron chi connectivity index (χ3n) is 7.37. The van der Waals surface area contributed by atoms with Crippen molar-refractivity contribution in [2.24, 2.45) is 5.92 Å². The van der Waals surface area contributed by atoms with Crippen LogP contribution in [0.1, 0.15) is 69.6 Å². The van der Waals surface area contributed by atoms with Crippen molar-refractivity contribution in [3.63, 3.8) is 0 Å². The van der Waals surface area contributed by atoms with E-state index in [1.54, 1.807) is 24.3 Å². The van der Waals surface area contributed by atoms with Gasteiger partial charge in [-0.1, -0.05) is 24.4 Å². The molecule has 9 heteroatoms. The lowest BCUT2D eigenvalue weighted by molar-refractivity contribution is -0.135. The Kier molecular flexibility index (Phi) is 6.51. The fourth-order valence-electron chi connectivity index (χ4n) is 5.33. The summed E-state index contributed by atoms with van der Waals surface area (Å²) in [6.07, 6.45) is 9.12. The Morgan fingerprint density at radius 2 is 1.55 bits per heavy atom. The lowest BCUT2D eigenvalue weighted by atomic mass is 9.89. The minimum absolute atomic E-state index is 0.0616. The van der Waals surface area contributed by atoms with Crippen LogP contribution in [-0.2, 0) is 14.8 Å². The third-order valence-corrected chi connectivity index (χ3v) is 9.28. The lowest BCUT2D eigenvalue weighted by Gasteiger charge is -2.32. The Balaban J connectivity index is 1.22. The molecule has 5 rings (SSSR count). The van der Waals surface area contributed by atoms with Crippen molar-refractivity contribution in [2.45, 2.75) is 68.6 Å². The number of hydrogen-bond donors (Lipinski definition) is 0. The highest BCUT2D eigenvalue weighted by atomic mass is 32.2. The molecule has 0 N–H and O–H groups in total. The predicted octanol–water partition coefficient (Wildman–Crippen LogP) is 3.81. The fraction of sp³-hybridized carbons (Fsp3) is 0.625. The van der Waals surface area contributed by atoms with Crippen LogP contribution in [-0.4, -0.2) is 59.8 Å². The van der Waals surface area contributed by atoms with Gasteiger partial charge >= 0.3 is 0 Å². The second-order valence-electron chi connectivity index (χ2n) is 9.53. The lowest BCUT2D eigenvalue weighted by Crippen LogP contribution is -2.43. The van der Waals surface area contributed by atoms with E-state index in [1.807, 2.05) is 4.90 Å². The first-order chi connectivity index (χ1) is 16.0. The standard InChI is InChI=1S/C24H32N4O4S/c29-24(27-14-4-5-15-27)20-12-16-28(17-13-20)33(30,31)21-10-8-18(9-11-21)22-25-23(32-26-22)19-6-2-1-3-7-19/h8-11,19-20H,1-7,12-17H2. The van der Waals surface area contributed by atoms with E-state index < -0.39 is 10.0 Å². The number of benzene rings is 1. The number of carbonyl (C=O) groups is 1. The molecule has 3 aliphatic rings. The van der Waals surface area contributed by atoms with E-state index in [-0.39, 0.29) is 16.7 Å². The zero-order valence-corrected chi connectivity index (χ0v) is 19.8. The van der Waals surface area contributed by atoms with E-state index in [2.05, 4.69) is 10.1 Å². The molecule has 3 fully saturated rings. The molecule has 2 saturated heterocycles. The summed E-state index contributed by atoms with van der Waals surface area (Å²) in [6, 6.07) is 6.71. The SMILES string of the molecule is O=C(C1CCN(S(=O)(=O)c2ccc(-c3noc(C4CCCCC4)n3)cc2)CC1)N1CCCC1. The number of amides is 1. The van der Waals surface area contributed by atoms with Gasteiger partial charge in [-0.3, -0.25) is 4.79 Å². The van der Waals surface area contributed by atoms with Gasteiger partial charge < -0.3 is 9.42 Å². The van der Waals surface area contributed by atoms with Gasteiger partial charge in [-0.05, 0) is 62.8 Å². The van der Waals surface area contributed by atoms with Crippen LogP contribution >= 0.6 is 0 Å². The Labute approximate surface area is 195 Å². The van der Waals surface area contributed by atoms with E-state index in [1.165, 1.54) is 23.6 Å². The van der Waals surface area contributed by atoms with Crippen molar-refractivity contribution in [2.75, 3.05) is 26.2 Å². The molecule has 2 aliphatic heterocycles. The maximum absolute atomic E-state index is 13.2. The first-order valence-corrected chi connectivity index (χ1v) is 13.7. The molecular formula is C24H32N4O4S. The maximum Gasteiger partial charge on any atom is 0.243 e. The summed E-state index contributed by atoms with van der Waals surface area (Å²) < 4.78 is 33.3. The molecule has 3 heterocycles. The Morgan fingerprint density at radius 1 is 0.879 bits per heavy atom. The van der Waals surface area contributed by atoms with Crippen LogP contribution in [0, 0.1) is 5.92 Å². The number of sulfonamides is 1. The van der Waals surface area contributed by atoms with Crippen LogP contribution in [0.3, 0.4) is 0 Å². The van der Waals surface area contributed by atoms with Crippen LogP contribution in [0.2, 0.25) is 0 Å². The summed E-state index contributed by atoms with van der Waals surface area (Å²) in [5.41, 5.74) is 0.745. The van der Waals surface area contributed by atoms with Crippen molar-refractivity contribution in [3.05, 3.63) is 30.2 Å². The van der Waals surface area contributed by atoms with Gasteiger partial charge in [0, 0.05) is 43.6 Å². The Morgan fingerprint density at radius 3 is 2.21 bits per heavy atom. The molecule has 0 radical (unpaired) electrons. The van der Waals surface area contributed by atoms with Crippen molar-refractivity contribution < 1.29 is 17.7 Å². The van der Waals surface area contributed by atoms with Gasteiger partial charge in [-0.25, -0.2) is 8.42 Å². The molecule has 1 aromatic heterocycles. The molecule has 178 valence electrons. The van der Waals surface area contributed by atoms with Gasteiger partial charge in [0.2, 0.25) is 27.6 Å². The number of carbonyl (C=O) groups excluding carboxylic acids is 1. The van der Waals surface area contributed by atoms with Gasteiger partial charge in [-0.15, -0.1) is 0 Å². The van der Waals surface area contributed by atoms with Gasteiger partial charge in [0.25, 0.3) is 0 Å². The minimum atomic E-state index is -3.60. The second-order valence-corrected chi connectivity index (χ2v) is 11.5. The third kappa shape index (κ3) is 4.71. The molecule has 1 amide bonds. The largest absolute Gasteiger partial charge is 0.342 e. The summed E-state index contributed by atoms with van der Waals surface area (Å²) in [5.74, 6) is 1.66. The number of piperidine rings is 1. The highest BCUT2D eigenvalue weighted by molar-refractivity contribution is 7.89. The maximum atomic E-state index is 13.2. The van der Waals surface area contributed by atoms with Crippen LogP contribution in [0.5, 0.6) is 0 Å². The molecular weight excluding hydrogens is 440 g/mol. The average Bonchev–Trinajstić information content (AvgIpc) is 3.57. The van der Waals surface area contributed by atoms with E-state index in [4.69, 9.17) is 4.52 Å². The fourth-order valence-corrected chi connectivity index (χ4v) is 6.80. The molecule has 8 nitrogen and oxygen atoms in total. The predicted molar refractivity (Wildman–Crippen MR) is 123 cm³/mol. The first-order valence-electron chi connectivity index (χ1n) is 12.3.